The van der Waals surface area contributed by atoms with E-state index in [0.29, 0.717) is 0 Å². The summed E-state index contributed by atoms with van der Waals surface area (Å²) in [4.78, 5) is 4.58. The number of sulfonamides is 1. The van der Waals surface area contributed by atoms with Crippen LogP contribution in [0.3, 0.4) is 0 Å². The van der Waals surface area contributed by atoms with Gasteiger partial charge in [-0.2, -0.15) is 0 Å². The van der Waals surface area contributed by atoms with Crippen molar-refractivity contribution in [1.29, 1.82) is 0 Å². The van der Waals surface area contributed by atoms with E-state index in [2.05, 4.69) is 20.6 Å². The van der Waals surface area contributed by atoms with E-state index in [9.17, 15) is 8.42 Å². The fourth-order valence-electron chi connectivity index (χ4n) is 2.86. The van der Waals surface area contributed by atoms with Gasteiger partial charge >= 0.3 is 174 Å². The minimum atomic E-state index is -3.52. The molecular weight excluding hydrogens is 418 g/mol. The third kappa shape index (κ3) is 5.83. The molecule has 1 aliphatic heterocycles. The summed E-state index contributed by atoms with van der Waals surface area (Å²) in [5.41, 5.74) is 1.85. The third-order valence-electron chi connectivity index (χ3n) is 4.46. The number of piperazine rings is 1. The predicted molar refractivity (Wildman–Crippen MR) is 110 cm³/mol. The van der Waals surface area contributed by atoms with Crippen LogP contribution in [0.15, 0.2) is 53.9 Å². The molecule has 0 aromatic heterocycles. The number of likely N-dealkylation sites (N-methyl/N-ethyl adjacent to an activating group) is 1. The Kier molecular flexibility index (Phi) is 7.15. The van der Waals surface area contributed by atoms with E-state index in [-0.39, 0.29) is 15.2 Å². The summed E-state index contributed by atoms with van der Waals surface area (Å²) in [6.07, 6.45) is 1.59. The molecule has 0 radical (unpaired) electrons. The Hall–Kier alpha value is -1.83. The van der Waals surface area contributed by atoms with Crippen LogP contribution in [-0.2, 0) is 25.2 Å². The fraction of sp³-hybridized carbons (Fsp3) is 0.300. The number of nitrogens with zero attached hydrogens (tertiary/aromatic N) is 2. The van der Waals surface area contributed by atoms with Gasteiger partial charge in [0, 0.05) is 0 Å². The molecule has 2 aromatic carbocycles. The first kappa shape index (κ1) is 20.9. The average Bonchev–Trinajstić information content (AvgIpc) is 2.72. The van der Waals surface area contributed by atoms with E-state index in [1.54, 1.807) is 13.2 Å². The zero-order valence-corrected chi connectivity index (χ0v) is 17.9. The number of ether oxygens (including phenoxy) is 1. The number of hydrogen-bond donors (Lipinski definition) is 1. The Morgan fingerprint density at radius 3 is 2.46 bits per heavy atom. The van der Waals surface area contributed by atoms with Gasteiger partial charge in [-0.15, -0.1) is 0 Å². The monoisotopic (exact) mass is 443 g/mol. The summed E-state index contributed by atoms with van der Waals surface area (Å²) in [7, 11) is 0.251. The Morgan fingerprint density at radius 2 is 1.79 bits per heavy atom. The molecule has 0 unspecified atom stereocenters. The van der Waals surface area contributed by atoms with E-state index >= 15 is 0 Å². The van der Waals surface area contributed by atoms with Gasteiger partial charge in [0.2, 0.25) is 0 Å². The molecule has 1 fully saturated rings. The second-order valence-electron chi connectivity index (χ2n) is 6.51. The predicted octanol–water partition coefficient (Wildman–Crippen LogP) is 1.66. The van der Waals surface area contributed by atoms with Crippen molar-refractivity contribution in [2.75, 3.05) is 45.2 Å². The van der Waals surface area contributed by atoms with Gasteiger partial charge in [0.15, 0.2) is 0 Å². The molecule has 0 amide bonds. The van der Waals surface area contributed by atoms with Gasteiger partial charge in [0.25, 0.3) is 0 Å². The van der Waals surface area contributed by atoms with Crippen molar-refractivity contribution in [3.63, 3.8) is 0 Å². The van der Waals surface area contributed by atoms with Crippen molar-refractivity contribution in [2.24, 2.45) is 0 Å². The van der Waals surface area contributed by atoms with Crippen molar-refractivity contribution in [3.05, 3.63) is 59.5 Å². The summed E-state index contributed by atoms with van der Waals surface area (Å²) in [6, 6.07) is 15.2. The van der Waals surface area contributed by atoms with Crippen molar-refractivity contribution >= 4 is 26.2 Å². The van der Waals surface area contributed by atoms with Gasteiger partial charge in [-0.1, -0.05) is 0 Å². The van der Waals surface area contributed by atoms with Gasteiger partial charge in [0.05, 0.1) is 0 Å². The van der Waals surface area contributed by atoms with Crippen LogP contribution in [0.4, 0.5) is 5.69 Å². The van der Waals surface area contributed by atoms with Crippen LogP contribution in [0.1, 0.15) is 5.56 Å². The van der Waals surface area contributed by atoms with Gasteiger partial charge < -0.3 is 0 Å². The van der Waals surface area contributed by atoms with E-state index in [1.165, 1.54) is 5.41 Å². The number of hydrogen-bond acceptors (Lipinski definition) is 5. The molecule has 0 aliphatic carbocycles. The number of methoxy groups -OCH3 is 1. The Labute approximate surface area is 173 Å². The molecule has 2 aromatic rings. The van der Waals surface area contributed by atoms with E-state index in [0.717, 1.165) is 47.6 Å². The normalized spacial score (nSPS) is 16.0. The van der Waals surface area contributed by atoms with Crippen LogP contribution in [-0.4, -0.2) is 53.7 Å². The van der Waals surface area contributed by atoms with Crippen LogP contribution in [0.25, 0.3) is 6.08 Å². The SMILES string of the molecule is COc1cc[c]([Fe][NH]S(=O)(=O)C=Cc2ccccc2)cc1N1CCN(C)CC1. The maximum atomic E-state index is 12.3. The van der Waals surface area contributed by atoms with Gasteiger partial charge in [-0.25, -0.2) is 0 Å². The molecule has 3 rings (SSSR count). The molecule has 6 nitrogen and oxygen atoms in total. The quantitative estimate of drug-likeness (QED) is 0.660. The molecule has 0 spiro atoms. The standard InChI is InChI=1S/C12H17N2O.C8H8NO2S.Fe/c1-13-7-9-14(10-8-13)11-5-3-4-6-12(11)15-2;9-12(10,11)7-6-8-4-2-1-3-5-8;/h4-6H,7-10H2,1-2H3;1-7H,(H-,9,10,11);/q;-1;+1. The Morgan fingerprint density at radius 1 is 1.07 bits per heavy atom. The van der Waals surface area contributed by atoms with Crippen LogP contribution < -0.4 is 17.8 Å². The zero-order chi connectivity index (χ0) is 20.0. The summed E-state index contributed by atoms with van der Waals surface area (Å²) in [5, 5.41) is 1.20. The summed E-state index contributed by atoms with van der Waals surface area (Å²) < 4.78 is 33.6. The molecule has 1 N–H and O–H groups in total. The molecule has 0 saturated carbocycles. The molecule has 1 saturated heterocycles. The Balaban J connectivity index is 1.68. The van der Waals surface area contributed by atoms with Gasteiger partial charge in [-0.05, 0) is 0 Å². The topological polar surface area (TPSA) is 61.9 Å². The third-order valence-corrected chi connectivity index (χ3v) is 7.17. The van der Waals surface area contributed by atoms with Crippen molar-refractivity contribution in [2.45, 2.75) is 0 Å². The first-order chi connectivity index (χ1) is 13.5. The van der Waals surface area contributed by atoms with Crippen LogP contribution in [0.2, 0.25) is 0 Å². The van der Waals surface area contributed by atoms with Gasteiger partial charge in [-0.3, -0.25) is 0 Å². The second kappa shape index (κ2) is 9.58. The number of anilines is 1. The average molecular weight is 443 g/mol. The molecule has 8 heteroatoms. The number of rotatable bonds is 7. The zero-order valence-electron chi connectivity index (χ0n) is 16.0. The molecule has 0 atom stereocenters. The minimum absolute atomic E-state index is 0.228. The van der Waals surface area contributed by atoms with E-state index < -0.39 is 10.0 Å². The van der Waals surface area contributed by atoms with Crippen LogP contribution >= 0.6 is 0 Å². The molecular formula is C20H25FeN3O3S. The van der Waals surface area contributed by atoms with Gasteiger partial charge in [0.1, 0.15) is 0 Å². The molecule has 1 aliphatic rings. The van der Waals surface area contributed by atoms with Crippen LogP contribution in [0.5, 0.6) is 5.75 Å². The number of nitrogens with one attached hydrogen (secondary N) is 1. The maximum absolute atomic E-state index is 12.3. The van der Waals surface area contributed by atoms with E-state index in [4.69, 9.17) is 4.74 Å². The fourth-order valence-corrected chi connectivity index (χ4v) is 4.93. The summed E-state index contributed by atoms with van der Waals surface area (Å²) >= 11 is 0.228. The first-order valence-electron chi connectivity index (χ1n) is 8.95. The Bertz CT molecular complexity index is 912. The molecule has 152 valence electrons. The first-order valence-corrected chi connectivity index (χ1v) is 11.6. The summed E-state index contributed by atoms with van der Waals surface area (Å²) in [6.45, 7) is 3.82. The number of benzene rings is 2. The van der Waals surface area contributed by atoms with Crippen LogP contribution in [0, 0.1) is 0 Å². The summed E-state index contributed by atoms with van der Waals surface area (Å²) in [5.74, 6) is 0.806. The van der Waals surface area contributed by atoms with E-state index in [1.807, 2.05) is 48.5 Å². The van der Waals surface area contributed by atoms with Crippen molar-refractivity contribution in [1.82, 2.24) is 8.64 Å². The van der Waals surface area contributed by atoms with Crippen molar-refractivity contribution < 1.29 is 28.3 Å². The second-order valence-corrected chi connectivity index (χ2v) is 9.61. The molecule has 28 heavy (non-hydrogen) atoms. The van der Waals surface area contributed by atoms with Crippen molar-refractivity contribution in [3.8, 4) is 5.75 Å². The molecule has 0 bridgehead atoms. The molecule has 1 heterocycles.